The molecule has 0 radical (unpaired) electrons. The zero-order valence-electron chi connectivity index (χ0n) is 8.00. The summed E-state index contributed by atoms with van der Waals surface area (Å²) in [6.45, 7) is 0.676. The van der Waals surface area contributed by atoms with Crippen molar-refractivity contribution >= 4 is 28.6 Å². The Hall–Kier alpha value is -0.770. The zero-order chi connectivity index (χ0) is 11.3. The summed E-state index contributed by atoms with van der Waals surface area (Å²) < 4.78 is 4.65. The third-order valence-corrected chi connectivity index (χ3v) is 2.35. The first-order valence-corrected chi connectivity index (χ1v) is 5.18. The van der Waals surface area contributed by atoms with Crippen LogP contribution in [0.5, 0.6) is 0 Å². The van der Waals surface area contributed by atoms with Crippen LogP contribution in [0.3, 0.4) is 0 Å². The molecule has 1 rings (SSSR count). The van der Waals surface area contributed by atoms with Gasteiger partial charge in [0.25, 0.3) is 0 Å². The molecule has 82 valence electrons. The van der Waals surface area contributed by atoms with Crippen molar-refractivity contribution in [2.45, 2.75) is 13.0 Å². The summed E-state index contributed by atoms with van der Waals surface area (Å²) in [5.41, 5.74) is 6.41. The van der Waals surface area contributed by atoms with Gasteiger partial charge in [0.2, 0.25) is 0 Å². The molecule has 0 aliphatic heterocycles. The molecule has 0 aliphatic rings. The molecular weight excluding hydrogens is 237 g/mol. The Labute approximate surface area is 98.1 Å². The van der Waals surface area contributed by atoms with Crippen molar-refractivity contribution < 1.29 is 9.53 Å². The van der Waals surface area contributed by atoms with E-state index < -0.39 is 5.43 Å². The minimum Gasteiger partial charge on any atom is -0.449 e. The van der Waals surface area contributed by atoms with Gasteiger partial charge in [-0.3, -0.25) is 0 Å². The van der Waals surface area contributed by atoms with Crippen molar-refractivity contribution in [2.24, 2.45) is 5.73 Å². The minimum atomic E-state index is -0.815. The zero-order valence-corrected chi connectivity index (χ0v) is 9.52. The fraction of sp³-hybridized carbons (Fsp3) is 0.300. The van der Waals surface area contributed by atoms with Crippen LogP contribution in [0.4, 0.5) is 4.79 Å². The number of hydrogen-bond donors (Lipinski definition) is 1. The van der Waals surface area contributed by atoms with Crippen LogP contribution < -0.4 is 5.73 Å². The Balaban J connectivity index is 2.73. The summed E-state index contributed by atoms with van der Waals surface area (Å²) in [6, 6.07) is 5.39. The van der Waals surface area contributed by atoms with Crippen molar-refractivity contribution in [3.63, 3.8) is 0 Å². The highest BCUT2D eigenvalue weighted by Crippen LogP contribution is 2.18. The van der Waals surface area contributed by atoms with Gasteiger partial charge in [-0.2, -0.15) is 0 Å². The van der Waals surface area contributed by atoms with Gasteiger partial charge in [-0.05, 0) is 30.2 Å². The SMILES string of the molecule is NCCc1cc(COC(=O)Cl)ccc1Cl. The van der Waals surface area contributed by atoms with E-state index in [1.807, 2.05) is 6.07 Å². The van der Waals surface area contributed by atoms with Crippen LogP contribution in [0.15, 0.2) is 18.2 Å². The third kappa shape index (κ3) is 4.08. The topological polar surface area (TPSA) is 52.3 Å². The first-order valence-electron chi connectivity index (χ1n) is 4.43. The van der Waals surface area contributed by atoms with Crippen LogP contribution in [0, 0.1) is 0 Å². The van der Waals surface area contributed by atoms with Crippen LogP contribution >= 0.6 is 23.2 Å². The van der Waals surface area contributed by atoms with Gasteiger partial charge in [0.1, 0.15) is 6.61 Å². The highest BCUT2D eigenvalue weighted by Gasteiger charge is 2.03. The monoisotopic (exact) mass is 247 g/mol. The standard InChI is InChI=1S/C10H11Cl2NO2/c11-9-2-1-7(6-15-10(12)14)5-8(9)3-4-13/h1-2,5H,3-4,6,13H2. The second-order valence-electron chi connectivity index (χ2n) is 2.99. The maximum atomic E-state index is 10.4. The predicted molar refractivity (Wildman–Crippen MR) is 60.2 cm³/mol. The first kappa shape index (κ1) is 12.3. The molecule has 0 spiro atoms. The van der Waals surface area contributed by atoms with Crippen molar-refractivity contribution in [1.82, 2.24) is 0 Å². The highest BCUT2D eigenvalue weighted by atomic mass is 35.5. The Morgan fingerprint density at radius 2 is 2.20 bits per heavy atom. The van der Waals surface area contributed by atoms with Crippen LogP contribution in [0.1, 0.15) is 11.1 Å². The molecule has 0 atom stereocenters. The quantitative estimate of drug-likeness (QED) is 0.833. The molecule has 0 unspecified atom stereocenters. The van der Waals surface area contributed by atoms with Gasteiger partial charge in [0.15, 0.2) is 0 Å². The average molecular weight is 248 g/mol. The lowest BCUT2D eigenvalue weighted by Crippen LogP contribution is -2.04. The van der Waals surface area contributed by atoms with Gasteiger partial charge in [-0.25, -0.2) is 4.79 Å². The van der Waals surface area contributed by atoms with Crippen LogP contribution in [-0.2, 0) is 17.8 Å². The van der Waals surface area contributed by atoms with E-state index >= 15 is 0 Å². The van der Waals surface area contributed by atoms with Crippen molar-refractivity contribution in [2.75, 3.05) is 6.54 Å². The summed E-state index contributed by atoms with van der Waals surface area (Å²) in [6.07, 6.45) is 0.696. The summed E-state index contributed by atoms with van der Waals surface area (Å²) >= 11 is 11.0. The lowest BCUT2D eigenvalue weighted by Gasteiger charge is -2.06. The van der Waals surface area contributed by atoms with Gasteiger partial charge in [0, 0.05) is 16.6 Å². The Morgan fingerprint density at radius 3 is 2.80 bits per heavy atom. The summed E-state index contributed by atoms with van der Waals surface area (Å²) in [5.74, 6) is 0. The molecule has 0 aromatic heterocycles. The Bertz CT molecular complexity index is 355. The average Bonchev–Trinajstić information content (AvgIpc) is 2.19. The number of carbonyl (C=O) groups excluding carboxylic acids is 1. The molecule has 1 aromatic carbocycles. The van der Waals surface area contributed by atoms with Crippen LogP contribution in [-0.4, -0.2) is 12.0 Å². The maximum Gasteiger partial charge on any atom is 0.404 e. The third-order valence-electron chi connectivity index (χ3n) is 1.88. The normalized spacial score (nSPS) is 10.1. The van der Waals surface area contributed by atoms with E-state index in [4.69, 9.17) is 28.9 Å². The summed E-state index contributed by atoms with van der Waals surface area (Å²) in [4.78, 5) is 10.4. The fourth-order valence-electron chi connectivity index (χ4n) is 1.21. The van der Waals surface area contributed by atoms with Crippen molar-refractivity contribution in [1.29, 1.82) is 0 Å². The summed E-state index contributed by atoms with van der Waals surface area (Å²) in [5, 5.41) is 0.668. The van der Waals surface area contributed by atoms with E-state index in [1.54, 1.807) is 12.1 Å². The largest absolute Gasteiger partial charge is 0.449 e. The van der Waals surface area contributed by atoms with Gasteiger partial charge >= 0.3 is 5.43 Å². The molecule has 0 saturated heterocycles. The lowest BCUT2D eigenvalue weighted by molar-refractivity contribution is 0.167. The van der Waals surface area contributed by atoms with E-state index in [1.165, 1.54) is 0 Å². The van der Waals surface area contributed by atoms with Gasteiger partial charge in [0.05, 0.1) is 0 Å². The van der Waals surface area contributed by atoms with Crippen LogP contribution in [0.25, 0.3) is 0 Å². The number of rotatable bonds is 4. The molecule has 0 saturated carbocycles. The minimum absolute atomic E-state index is 0.150. The smallest absolute Gasteiger partial charge is 0.404 e. The number of carbonyl (C=O) groups is 1. The van der Waals surface area contributed by atoms with E-state index in [2.05, 4.69) is 4.74 Å². The molecule has 0 fully saturated rings. The molecule has 0 aliphatic carbocycles. The molecule has 0 heterocycles. The number of hydrogen-bond acceptors (Lipinski definition) is 3. The molecular formula is C10H11Cl2NO2. The molecule has 3 nitrogen and oxygen atoms in total. The fourth-order valence-corrected chi connectivity index (χ4v) is 1.47. The number of nitrogens with two attached hydrogens (primary N) is 1. The Kier molecular flexibility index (Phi) is 4.88. The first-order chi connectivity index (χ1) is 7.13. The molecule has 1 aromatic rings. The summed E-state index contributed by atoms with van der Waals surface area (Å²) in [7, 11) is 0. The number of benzene rings is 1. The van der Waals surface area contributed by atoms with E-state index in [9.17, 15) is 4.79 Å². The van der Waals surface area contributed by atoms with Gasteiger partial charge < -0.3 is 10.5 Å². The predicted octanol–water partition coefficient (Wildman–Crippen LogP) is 2.72. The van der Waals surface area contributed by atoms with Crippen LogP contribution in [0.2, 0.25) is 5.02 Å². The molecule has 5 heteroatoms. The second-order valence-corrected chi connectivity index (χ2v) is 3.71. The van der Waals surface area contributed by atoms with E-state index in [-0.39, 0.29) is 6.61 Å². The highest BCUT2D eigenvalue weighted by molar-refractivity contribution is 6.61. The molecule has 15 heavy (non-hydrogen) atoms. The van der Waals surface area contributed by atoms with Crippen molar-refractivity contribution in [3.05, 3.63) is 34.3 Å². The van der Waals surface area contributed by atoms with E-state index in [0.717, 1.165) is 11.1 Å². The molecule has 0 bridgehead atoms. The Morgan fingerprint density at radius 1 is 1.47 bits per heavy atom. The lowest BCUT2D eigenvalue weighted by atomic mass is 10.1. The number of halogens is 2. The van der Waals surface area contributed by atoms with Gasteiger partial charge in [-0.1, -0.05) is 23.7 Å². The molecule has 2 N–H and O–H groups in total. The van der Waals surface area contributed by atoms with Gasteiger partial charge in [-0.15, -0.1) is 0 Å². The van der Waals surface area contributed by atoms with E-state index in [0.29, 0.717) is 18.0 Å². The maximum absolute atomic E-state index is 10.4. The molecule has 0 amide bonds. The number of ether oxygens (including phenoxy) is 1. The van der Waals surface area contributed by atoms with Crippen molar-refractivity contribution in [3.8, 4) is 0 Å². The second kappa shape index (κ2) is 5.95.